The number of hydrogen-bond donors (Lipinski definition) is 0. The van der Waals surface area contributed by atoms with E-state index in [1.54, 1.807) is 0 Å². The van der Waals surface area contributed by atoms with E-state index in [9.17, 15) is 4.79 Å². The van der Waals surface area contributed by atoms with Crippen molar-refractivity contribution in [2.45, 2.75) is 19.4 Å². The summed E-state index contributed by atoms with van der Waals surface area (Å²) in [6, 6.07) is 52.3. The first-order valence-electron chi connectivity index (χ1n) is 17.4. The molecule has 9 aromatic rings. The highest BCUT2D eigenvalue weighted by atomic mass is 16.5. The van der Waals surface area contributed by atoms with E-state index in [0.29, 0.717) is 5.56 Å². The van der Waals surface area contributed by atoms with Crippen LogP contribution >= 0.6 is 0 Å². The lowest BCUT2D eigenvalue weighted by atomic mass is 9.30. The number of para-hydroxylation sites is 2. The van der Waals surface area contributed by atoms with Crippen LogP contribution in [0.25, 0.3) is 49.2 Å². The van der Waals surface area contributed by atoms with Crippen molar-refractivity contribution < 1.29 is 9.53 Å². The van der Waals surface area contributed by atoms with Gasteiger partial charge in [-0.2, -0.15) is 0 Å². The average Bonchev–Trinajstić information content (AvgIpc) is 3.68. The fourth-order valence-electron chi connectivity index (χ4n) is 9.07. The van der Waals surface area contributed by atoms with Gasteiger partial charge < -0.3 is 9.14 Å². The summed E-state index contributed by atoms with van der Waals surface area (Å²) >= 11 is 0. The fourth-order valence-corrected chi connectivity index (χ4v) is 9.07. The zero-order valence-electron chi connectivity index (χ0n) is 27.3. The number of nitrogens with zero attached hydrogens (tertiary/aromatic N) is 1. The molecule has 0 unspecified atom stereocenters. The van der Waals surface area contributed by atoms with E-state index in [4.69, 9.17) is 4.74 Å². The van der Waals surface area contributed by atoms with Crippen molar-refractivity contribution >= 4 is 67.2 Å². The molecule has 0 fully saturated rings. The summed E-state index contributed by atoms with van der Waals surface area (Å²) in [5.41, 5.74) is 17.0. The normalized spacial score (nSPS) is 13.2. The van der Waals surface area contributed by atoms with Crippen LogP contribution in [0.15, 0.2) is 146 Å². The van der Waals surface area contributed by atoms with Crippen molar-refractivity contribution in [1.29, 1.82) is 0 Å². The molecule has 0 N–H and O–H groups in total. The maximum absolute atomic E-state index is 13.5. The standard InChI is InChI=1S/C46H30BNO2/c49-46(50-27-28-10-2-1-3-11-28)35-23-33-21-30-12-4-7-15-40(30)47-41-19-18-29(20-32(41)22-34(24-35)44(33)47)31-25-38-36-13-5-8-16-42(36)48-43-17-9-6-14-37(43)39(26-31)45(38)48/h1-20,23-26H,21-22,27H2. The molecule has 0 amide bonds. The highest BCUT2D eigenvalue weighted by molar-refractivity contribution is 6.97. The molecule has 0 bridgehead atoms. The monoisotopic (exact) mass is 639 g/mol. The van der Waals surface area contributed by atoms with Gasteiger partial charge in [-0.1, -0.05) is 126 Å². The van der Waals surface area contributed by atoms with Crippen molar-refractivity contribution in [3.8, 4) is 11.1 Å². The molecule has 4 heterocycles. The molecule has 3 nitrogen and oxygen atoms in total. The van der Waals surface area contributed by atoms with E-state index in [2.05, 4.69) is 120 Å². The van der Waals surface area contributed by atoms with Gasteiger partial charge in [0.15, 0.2) is 0 Å². The molecular formula is C46H30BNO2. The van der Waals surface area contributed by atoms with Gasteiger partial charge in [-0.3, -0.25) is 0 Å². The molecule has 0 spiro atoms. The number of carbonyl (C=O) groups is 1. The van der Waals surface area contributed by atoms with Gasteiger partial charge in [-0.05, 0) is 88.2 Å². The largest absolute Gasteiger partial charge is 0.457 e. The number of fused-ring (bicyclic) bond motifs is 10. The topological polar surface area (TPSA) is 30.7 Å². The Balaban J connectivity index is 1.06. The van der Waals surface area contributed by atoms with Crippen molar-refractivity contribution in [3.63, 3.8) is 0 Å². The third-order valence-electron chi connectivity index (χ3n) is 11.2. The Labute approximate surface area is 289 Å². The molecule has 2 aliphatic rings. The van der Waals surface area contributed by atoms with Crippen LogP contribution in [0.3, 0.4) is 0 Å². The SMILES string of the molecule is O=C(OCc1ccccc1)c1cc2c3c(c1)Cc1cc(-c4cc5c6ccccc6n6c7ccccc7c(c4)c56)ccc1B3c1ccccc1C2. The summed E-state index contributed by atoms with van der Waals surface area (Å²) in [6.45, 7) is 0.404. The van der Waals surface area contributed by atoms with Crippen molar-refractivity contribution in [2.75, 3.05) is 0 Å². The number of benzene rings is 7. The Morgan fingerprint density at radius 2 is 1.18 bits per heavy atom. The lowest BCUT2D eigenvalue weighted by Gasteiger charge is -2.34. The van der Waals surface area contributed by atoms with E-state index in [0.717, 1.165) is 18.4 Å². The van der Waals surface area contributed by atoms with Crippen LogP contribution in [0.5, 0.6) is 0 Å². The maximum atomic E-state index is 13.5. The predicted octanol–water partition coefficient (Wildman–Crippen LogP) is 8.19. The molecule has 4 heteroatoms. The van der Waals surface area contributed by atoms with Gasteiger partial charge in [-0.25, -0.2) is 4.79 Å². The third-order valence-corrected chi connectivity index (χ3v) is 11.2. The molecule has 0 aliphatic carbocycles. The minimum Gasteiger partial charge on any atom is -0.457 e. The lowest BCUT2D eigenvalue weighted by Crippen LogP contribution is -2.61. The molecule has 0 saturated carbocycles. The first-order chi connectivity index (χ1) is 24.7. The predicted molar refractivity (Wildman–Crippen MR) is 205 cm³/mol. The van der Waals surface area contributed by atoms with Crippen LogP contribution in [-0.4, -0.2) is 17.1 Å². The van der Waals surface area contributed by atoms with E-state index in [1.165, 1.54) is 87.9 Å². The Kier molecular flexibility index (Phi) is 5.80. The molecular weight excluding hydrogens is 609 g/mol. The average molecular weight is 640 g/mol. The van der Waals surface area contributed by atoms with Crippen LogP contribution in [0.4, 0.5) is 0 Å². The van der Waals surface area contributed by atoms with Gasteiger partial charge in [0, 0.05) is 21.5 Å². The van der Waals surface area contributed by atoms with Gasteiger partial charge in [0.25, 0.3) is 0 Å². The van der Waals surface area contributed by atoms with Gasteiger partial charge in [0.1, 0.15) is 6.61 Å². The number of rotatable bonds is 4. The van der Waals surface area contributed by atoms with Crippen LogP contribution in [-0.2, 0) is 24.2 Å². The highest BCUT2D eigenvalue weighted by Crippen LogP contribution is 2.41. The van der Waals surface area contributed by atoms with Gasteiger partial charge in [0.05, 0.1) is 22.1 Å². The van der Waals surface area contributed by atoms with Crippen LogP contribution in [0.1, 0.15) is 38.2 Å². The summed E-state index contributed by atoms with van der Waals surface area (Å²) in [7, 11) is 0. The van der Waals surface area contributed by atoms with Crippen molar-refractivity contribution in [3.05, 3.63) is 179 Å². The number of ether oxygens (including phenoxy) is 1. The summed E-state index contributed by atoms with van der Waals surface area (Å²) in [4.78, 5) is 13.5. The quantitative estimate of drug-likeness (QED) is 0.144. The van der Waals surface area contributed by atoms with Crippen LogP contribution < -0.4 is 16.4 Å². The zero-order valence-corrected chi connectivity index (χ0v) is 27.3. The molecule has 50 heavy (non-hydrogen) atoms. The van der Waals surface area contributed by atoms with E-state index in [-0.39, 0.29) is 19.3 Å². The zero-order chi connectivity index (χ0) is 32.9. The highest BCUT2D eigenvalue weighted by Gasteiger charge is 2.37. The molecule has 11 rings (SSSR count). The second kappa shape index (κ2) is 10.4. The van der Waals surface area contributed by atoms with Crippen molar-refractivity contribution in [2.24, 2.45) is 0 Å². The number of aromatic nitrogens is 1. The lowest BCUT2D eigenvalue weighted by molar-refractivity contribution is 0.0472. The smallest absolute Gasteiger partial charge is 0.338 e. The Morgan fingerprint density at radius 3 is 1.92 bits per heavy atom. The molecule has 2 aromatic heterocycles. The maximum Gasteiger partial charge on any atom is 0.338 e. The molecule has 0 atom stereocenters. The first kappa shape index (κ1) is 27.8. The number of esters is 1. The van der Waals surface area contributed by atoms with E-state index >= 15 is 0 Å². The molecule has 0 radical (unpaired) electrons. The minimum atomic E-state index is -0.270. The number of hydrogen-bond acceptors (Lipinski definition) is 2. The van der Waals surface area contributed by atoms with E-state index in [1.807, 2.05) is 30.3 Å². The summed E-state index contributed by atoms with van der Waals surface area (Å²) in [5.74, 6) is -0.270. The number of carbonyl (C=O) groups excluding carboxylic acids is 1. The minimum absolute atomic E-state index is 0.141. The Bertz CT molecular complexity index is 2770. The van der Waals surface area contributed by atoms with Crippen LogP contribution in [0.2, 0.25) is 0 Å². The first-order valence-corrected chi connectivity index (χ1v) is 17.4. The van der Waals surface area contributed by atoms with Crippen LogP contribution in [0, 0.1) is 0 Å². The Hall–Kier alpha value is -6.13. The van der Waals surface area contributed by atoms with Gasteiger partial charge >= 0.3 is 5.97 Å². The summed E-state index contributed by atoms with van der Waals surface area (Å²) in [5, 5.41) is 5.14. The molecule has 0 saturated heterocycles. The van der Waals surface area contributed by atoms with Crippen molar-refractivity contribution in [1.82, 2.24) is 4.40 Å². The molecule has 7 aromatic carbocycles. The molecule has 2 aliphatic heterocycles. The molecule has 234 valence electrons. The Morgan fingerprint density at radius 1 is 0.560 bits per heavy atom. The van der Waals surface area contributed by atoms with Gasteiger partial charge in [-0.15, -0.1) is 0 Å². The third kappa shape index (κ3) is 3.96. The fraction of sp³-hybridized carbons (Fsp3) is 0.0652. The van der Waals surface area contributed by atoms with E-state index < -0.39 is 0 Å². The second-order valence-electron chi connectivity index (χ2n) is 14.0. The summed E-state index contributed by atoms with van der Waals surface area (Å²) < 4.78 is 8.27. The van der Waals surface area contributed by atoms with Gasteiger partial charge in [0.2, 0.25) is 6.71 Å². The summed E-state index contributed by atoms with van der Waals surface area (Å²) in [6.07, 6.45) is 1.60. The second-order valence-corrected chi connectivity index (χ2v) is 14.0.